The predicted molar refractivity (Wildman–Crippen MR) is 132 cm³/mol. The van der Waals surface area contributed by atoms with Gasteiger partial charge in [0, 0.05) is 16.1 Å². The third-order valence-corrected chi connectivity index (χ3v) is 6.10. The van der Waals surface area contributed by atoms with Gasteiger partial charge >= 0.3 is 5.97 Å². The number of hydrogen-bond acceptors (Lipinski definition) is 5. The van der Waals surface area contributed by atoms with Crippen LogP contribution in [0, 0.1) is 18.3 Å². The Morgan fingerprint density at radius 2 is 1.70 bits per heavy atom. The number of ether oxygens (including phenoxy) is 1. The Balaban J connectivity index is 1.67. The van der Waals surface area contributed by atoms with Gasteiger partial charge in [0.1, 0.15) is 16.8 Å². The van der Waals surface area contributed by atoms with E-state index in [4.69, 9.17) is 21.3 Å². The smallest absolute Gasteiger partial charge is 0.321 e. The highest BCUT2D eigenvalue weighted by Crippen LogP contribution is 2.34. The molecule has 0 spiro atoms. The quantitative estimate of drug-likeness (QED) is 0.173. The van der Waals surface area contributed by atoms with E-state index in [0.717, 1.165) is 27.9 Å². The third kappa shape index (κ3) is 5.61. The monoisotopic (exact) mass is 470 g/mol. The molecule has 0 unspecified atom stereocenters. The molecule has 0 aliphatic heterocycles. The van der Waals surface area contributed by atoms with Crippen LogP contribution in [0.15, 0.2) is 90.0 Å². The molecule has 0 N–H and O–H groups in total. The SMILES string of the molecule is Cc1ccc(-c2cc(-c3ccccc3)c(C#N)c(SCC(=O)Oc3ccc(Cl)cc3)n2)cc1. The molecular formula is C27H19ClN2O2S. The maximum absolute atomic E-state index is 12.4. The van der Waals surface area contributed by atoms with Crippen molar-refractivity contribution in [3.05, 3.63) is 101 Å². The number of pyridine rings is 1. The summed E-state index contributed by atoms with van der Waals surface area (Å²) in [5.41, 5.74) is 4.94. The number of halogens is 1. The van der Waals surface area contributed by atoms with Crippen LogP contribution in [0.2, 0.25) is 5.02 Å². The van der Waals surface area contributed by atoms with Crippen molar-refractivity contribution < 1.29 is 9.53 Å². The van der Waals surface area contributed by atoms with Crippen molar-refractivity contribution in [1.82, 2.24) is 4.98 Å². The molecule has 0 bridgehead atoms. The lowest BCUT2D eigenvalue weighted by Gasteiger charge is -2.13. The van der Waals surface area contributed by atoms with Crippen LogP contribution in [0.25, 0.3) is 22.4 Å². The van der Waals surface area contributed by atoms with Gasteiger partial charge in [0.15, 0.2) is 0 Å². The number of aromatic nitrogens is 1. The van der Waals surface area contributed by atoms with Crippen molar-refractivity contribution in [2.75, 3.05) is 5.75 Å². The molecular weight excluding hydrogens is 452 g/mol. The normalized spacial score (nSPS) is 10.5. The fourth-order valence-electron chi connectivity index (χ4n) is 3.24. The third-order valence-electron chi connectivity index (χ3n) is 4.90. The van der Waals surface area contributed by atoms with Crippen LogP contribution < -0.4 is 4.74 Å². The zero-order valence-electron chi connectivity index (χ0n) is 17.8. The first-order chi connectivity index (χ1) is 16.0. The number of esters is 1. The molecule has 4 rings (SSSR count). The summed E-state index contributed by atoms with van der Waals surface area (Å²) < 4.78 is 5.38. The molecule has 33 heavy (non-hydrogen) atoms. The van der Waals surface area contributed by atoms with Crippen LogP contribution in [-0.4, -0.2) is 16.7 Å². The summed E-state index contributed by atoms with van der Waals surface area (Å²) >= 11 is 7.07. The van der Waals surface area contributed by atoms with E-state index >= 15 is 0 Å². The van der Waals surface area contributed by atoms with Crippen LogP contribution >= 0.6 is 23.4 Å². The summed E-state index contributed by atoms with van der Waals surface area (Å²) in [6.07, 6.45) is 0. The second kappa shape index (κ2) is 10.4. The van der Waals surface area contributed by atoms with Gasteiger partial charge < -0.3 is 4.74 Å². The van der Waals surface area contributed by atoms with Crippen molar-refractivity contribution in [2.45, 2.75) is 11.9 Å². The second-order valence-electron chi connectivity index (χ2n) is 7.30. The highest BCUT2D eigenvalue weighted by atomic mass is 35.5. The molecule has 0 aliphatic rings. The van der Waals surface area contributed by atoms with Crippen molar-refractivity contribution in [1.29, 1.82) is 5.26 Å². The Kier molecular flexibility index (Phi) is 7.09. The largest absolute Gasteiger partial charge is 0.426 e. The molecule has 162 valence electrons. The number of nitriles is 1. The summed E-state index contributed by atoms with van der Waals surface area (Å²) in [6.45, 7) is 2.03. The van der Waals surface area contributed by atoms with Crippen molar-refractivity contribution in [3.63, 3.8) is 0 Å². The van der Waals surface area contributed by atoms with E-state index in [0.29, 0.717) is 21.4 Å². The van der Waals surface area contributed by atoms with Crippen LogP contribution in [0.1, 0.15) is 11.1 Å². The number of nitrogens with zero attached hydrogens (tertiary/aromatic N) is 2. The second-order valence-corrected chi connectivity index (χ2v) is 8.70. The van der Waals surface area contributed by atoms with Gasteiger partial charge in [-0.3, -0.25) is 4.79 Å². The maximum atomic E-state index is 12.4. The average molecular weight is 471 g/mol. The van der Waals surface area contributed by atoms with Gasteiger partial charge in [0.25, 0.3) is 0 Å². The van der Waals surface area contributed by atoms with Crippen molar-refractivity contribution >= 4 is 29.3 Å². The molecule has 0 fully saturated rings. The molecule has 1 aromatic heterocycles. The van der Waals surface area contributed by atoms with Crippen LogP contribution in [0.4, 0.5) is 0 Å². The lowest BCUT2D eigenvalue weighted by atomic mass is 9.99. The van der Waals surface area contributed by atoms with E-state index in [1.165, 1.54) is 11.8 Å². The molecule has 1 heterocycles. The van der Waals surface area contributed by atoms with E-state index in [9.17, 15) is 10.1 Å². The fraction of sp³-hybridized carbons (Fsp3) is 0.0741. The Bertz CT molecular complexity index is 1320. The number of carbonyl (C=O) groups is 1. The minimum atomic E-state index is -0.435. The average Bonchev–Trinajstić information content (AvgIpc) is 2.84. The zero-order valence-corrected chi connectivity index (χ0v) is 19.4. The Morgan fingerprint density at radius 1 is 1.00 bits per heavy atom. The Labute approximate surface area is 201 Å². The van der Waals surface area contributed by atoms with Crippen molar-refractivity contribution in [3.8, 4) is 34.2 Å². The number of rotatable bonds is 6. The highest BCUT2D eigenvalue weighted by Gasteiger charge is 2.17. The van der Waals surface area contributed by atoms with Crippen LogP contribution in [-0.2, 0) is 4.79 Å². The van der Waals surface area contributed by atoms with E-state index < -0.39 is 5.97 Å². The van der Waals surface area contributed by atoms with E-state index in [2.05, 4.69) is 6.07 Å². The zero-order chi connectivity index (χ0) is 23.2. The lowest BCUT2D eigenvalue weighted by Crippen LogP contribution is -2.11. The van der Waals surface area contributed by atoms with Gasteiger partial charge in [-0.15, -0.1) is 0 Å². The number of hydrogen-bond donors (Lipinski definition) is 0. The molecule has 3 aromatic carbocycles. The van der Waals surface area contributed by atoms with E-state index in [1.54, 1.807) is 24.3 Å². The number of benzene rings is 3. The number of carbonyl (C=O) groups excluding carboxylic acids is 1. The molecule has 0 saturated heterocycles. The first-order valence-electron chi connectivity index (χ1n) is 10.2. The summed E-state index contributed by atoms with van der Waals surface area (Å²) in [5, 5.41) is 11.0. The number of thioether (sulfide) groups is 1. The maximum Gasteiger partial charge on any atom is 0.321 e. The minimum Gasteiger partial charge on any atom is -0.426 e. The number of aryl methyl sites for hydroxylation is 1. The molecule has 0 radical (unpaired) electrons. The van der Waals surface area contributed by atoms with Gasteiger partial charge in [-0.1, -0.05) is 83.5 Å². The molecule has 0 aliphatic carbocycles. The molecule has 0 atom stereocenters. The topological polar surface area (TPSA) is 63.0 Å². The van der Waals surface area contributed by atoms with Crippen LogP contribution in [0.3, 0.4) is 0 Å². The first kappa shape index (κ1) is 22.6. The standard InChI is InChI=1S/C27H19ClN2O2S/c1-18-7-9-20(10-8-18)25-15-23(19-5-3-2-4-6-19)24(16-29)27(30-25)33-17-26(31)32-22-13-11-21(28)12-14-22/h2-15H,17H2,1H3. The Morgan fingerprint density at radius 3 is 2.36 bits per heavy atom. The summed E-state index contributed by atoms with van der Waals surface area (Å²) in [5.74, 6) is -0.0116. The van der Waals surface area contributed by atoms with Gasteiger partial charge in [0.2, 0.25) is 0 Å². The van der Waals surface area contributed by atoms with Crippen LogP contribution in [0.5, 0.6) is 5.75 Å². The van der Waals surface area contributed by atoms with Gasteiger partial charge in [-0.05, 0) is 42.8 Å². The molecule has 4 aromatic rings. The molecule has 4 nitrogen and oxygen atoms in total. The molecule has 0 amide bonds. The Hall–Kier alpha value is -3.59. The highest BCUT2D eigenvalue weighted by molar-refractivity contribution is 7.99. The van der Waals surface area contributed by atoms with Crippen molar-refractivity contribution in [2.24, 2.45) is 0 Å². The minimum absolute atomic E-state index is 0.00981. The van der Waals surface area contributed by atoms with Gasteiger partial charge in [0.05, 0.1) is 17.0 Å². The van der Waals surface area contributed by atoms with E-state index in [-0.39, 0.29) is 5.75 Å². The summed E-state index contributed by atoms with van der Waals surface area (Å²) in [6, 6.07) is 28.5. The molecule has 6 heteroatoms. The van der Waals surface area contributed by atoms with Gasteiger partial charge in [-0.25, -0.2) is 4.98 Å². The van der Waals surface area contributed by atoms with E-state index in [1.807, 2.05) is 67.6 Å². The summed E-state index contributed by atoms with van der Waals surface area (Å²) in [4.78, 5) is 17.2. The first-order valence-corrected chi connectivity index (χ1v) is 11.6. The van der Waals surface area contributed by atoms with Gasteiger partial charge in [-0.2, -0.15) is 5.26 Å². The fourth-order valence-corrected chi connectivity index (χ4v) is 4.14. The summed E-state index contributed by atoms with van der Waals surface area (Å²) in [7, 11) is 0. The predicted octanol–water partition coefficient (Wildman–Crippen LogP) is 6.95. The molecule has 0 saturated carbocycles. The lowest BCUT2D eigenvalue weighted by molar-refractivity contribution is -0.131.